The van der Waals surface area contributed by atoms with E-state index in [1.807, 2.05) is 30.3 Å². The molecule has 0 saturated heterocycles. The number of carbonyl (C=O) groups excluding carboxylic acids is 1. The van der Waals surface area contributed by atoms with E-state index in [4.69, 9.17) is 0 Å². The first-order valence-electron chi connectivity index (χ1n) is 5.86. The Morgan fingerprint density at radius 2 is 1.82 bits per heavy atom. The molecule has 2 heteroatoms. The topological polar surface area (TPSA) is 30.0 Å². The van der Waals surface area contributed by atoms with Gasteiger partial charge in [0.05, 0.1) is 0 Å². The molecule has 84 valence electrons. The summed E-state index contributed by atoms with van der Waals surface area (Å²) in [4.78, 5) is 16.2. The van der Waals surface area contributed by atoms with E-state index in [0.717, 1.165) is 6.42 Å². The summed E-state index contributed by atoms with van der Waals surface area (Å²) >= 11 is 0. The molecule has 17 heavy (non-hydrogen) atoms. The molecular weight excluding hydrogens is 210 g/mol. The van der Waals surface area contributed by atoms with Gasteiger partial charge in [-0.05, 0) is 30.0 Å². The van der Waals surface area contributed by atoms with E-state index in [1.165, 1.54) is 5.56 Å². The SMILES string of the molecule is O=C(c1ccccn1)[C@@H]1C[C@@H]1c1ccccc1. The number of aromatic nitrogens is 1. The van der Waals surface area contributed by atoms with Crippen LogP contribution in [0.4, 0.5) is 0 Å². The molecule has 2 nitrogen and oxygen atoms in total. The van der Waals surface area contributed by atoms with E-state index in [1.54, 1.807) is 12.3 Å². The zero-order valence-electron chi connectivity index (χ0n) is 9.41. The van der Waals surface area contributed by atoms with Crippen LogP contribution in [0.2, 0.25) is 0 Å². The Balaban J connectivity index is 1.76. The van der Waals surface area contributed by atoms with Crippen LogP contribution in [0, 0.1) is 5.92 Å². The van der Waals surface area contributed by atoms with Gasteiger partial charge in [-0.1, -0.05) is 36.4 Å². The molecule has 1 heterocycles. The Kier molecular flexibility index (Phi) is 2.48. The molecule has 1 fully saturated rings. The Hall–Kier alpha value is -1.96. The Morgan fingerprint density at radius 1 is 1.06 bits per heavy atom. The molecule has 0 amide bonds. The van der Waals surface area contributed by atoms with Gasteiger partial charge in [-0.2, -0.15) is 0 Å². The minimum Gasteiger partial charge on any atom is -0.292 e. The summed E-state index contributed by atoms with van der Waals surface area (Å²) in [5.41, 5.74) is 1.86. The molecule has 1 aliphatic carbocycles. The van der Waals surface area contributed by atoms with Gasteiger partial charge >= 0.3 is 0 Å². The van der Waals surface area contributed by atoms with Gasteiger partial charge in [-0.15, -0.1) is 0 Å². The Labute approximate surface area is 100 Å². The maximum absolute atomic E-state index is 12.1. The first kappa shape index (κ1) is 10.2. The van der Waals surface area contributed by atoms with E-state index >= 15 is 0 Å². The van der Waals surface area contributed by atoms with Crippen LogP contribution in [0.3, 0.4) is 0 Å². The van der Waals surface area contributed by atoms with Crippen molar-refractivity contribution in [2.45, 2.75) is 12.3 Å². The van der Waals surface area contributed by atoms with Crippen LogP contribution in [0.25, 0.3) is 0 Å². The highest BCUT2D eigenvalue weighted by Gasteiger charge is 2.44. The maximum Gasteiger partial charge on any atom is 0.184 e. The average Bonchev–Trinajstić information content (AvgIpc) is 3.20. The van der Waals surface area contributed by atoms with Crippen LogP contribution < -0.4 is 0 Å². The average molecular weight is 223 g/mol. The molecule has 2 atom stereocenters. The van der Waals surface area contributed by atoms with Crippen molar-refractivity contribution < 1.29 is 4.79 Å². The fraction of sp³-hybridized carbons (Fsp3) is 0.200. The van der Waals surface area contributed by atoms with Gasteiger partial charge in [0.25, 0.3) is 0 Å². The van der Waals surface area contributed by atoms with E-state index < -0.39 is 0 Å². The summed E-state index contributed by atoms with van der Waals surface area (Å²) in [6.07, 6.45) is 2.63. The van der Waals surface area contributed by atoms with Crippen molar-refractivity contribution in [2.75, 3.05) is 0 Å². The summed E-state index contributed by atoms with van der Waals surface area (Å²) in [6, 6.07) is 15.7. The molecular formula is C15H13NO. The van der Waals surface area contributed by atoms with Crippen LogP contribution in [-0.2, 0) is 0 Å². The molecule has 1 aromatic carbocycles. The molecule has 0 bridgehead atoms. The third-order valence-corrected chi connectivity index (χ3v) is 3.27. The fourth-order valence-electron chi connectivity index (χ4n) is 2.25. The molecule has 1 aliphatic rings. The first-order valence-corrected chi connectivity index (χ1v) is 5.86. The lowest BCUT2D eigenvalue weighted by molar-refractivity contribution is 0.0960. The molecule has 0 spiro atoms. The predicted molar refractivity (Wildman–Crippen MR) is 65.9 cm³/mol. The second-order valence-corrected chi connectivity index (χ2v) is 4.44. The number of pyridine rings is 1. The zero-order valence-corrected chi connectivity index (χ0v) is 9.41. The van der Waals surface area contributed by atoms with Gasteiger partial charge in [0, 0.05) is 12.1 Å². The van der Waals surface area contributed by atoms with Gasteiger partial charge in [0.15, 0.2) is 5.78 Å². The molecule has 1 aromatic heterocycles. The second-order valence-electron chi connectivity index (χ2n) is 4.44. The fourth-order valence-corrected chi connectivity index (χ4v) is 2.25. The monoisotopic (exact) mass is 223 g/mol. The quantitative estimate of drug-likeness (QED) is 0.748. The highest BCUT2D eigenvalue weighted by atomic mass is 16.1. The lowest BCUT2D eigenvalue weighted by atomic mass is 10.1. The van der Waals surface area contributed by atoms with Gasteiger partial charge < -0.3 is 0 Å². The lowest BCUT2D eigenvalue weighted by Crippen LogP contribution is -2.05. The van der Waals surface area contributed by atoms with Crippen LogP contribution in [0.15, 0.2) is 54.7 Å². The summed E-state index contributed by atoms with van der Waals surface area (Å²) in [7, 11) is 0. The van der Waals surface area contributed by atoms with Crippen LogP contribution in [0.5, 0.6) is 0 Å². The zero-order chi connectivity index (χ0) is 11.7. The van der Waals surface area contributed by atoms with Crippen molar-refractivity contribution in [3.63, 3.8) is 0 Å². The standard InChI is InChI=1S/C15H13NO/c17-15(14-8-4-5-9-16-14)13-10-12(13)11-6-2-1-3-7-11/h1-9,12-13H,10H2/t12-,13-/m1/s1. The Morgan fingerprint density at radius 3 is 2.53 bits per heavy atom. The van der Waals surface area contributed by atoms with Gasteiger partial charge in [-0.25, -0.2) is 0 Å². The maximum atomic E-state index is 12.1. The van der Waals surface area contributed by atoms with E-state index in [-0.39, 0.29) is 11.7 Å². The number of nitrogens with zero attached hydrogens (tertiary/aromatic N) is 1. The molecule has 3 rings (SSSR count). The minimum absolute atomic E-state index is 0.132. The number of rotatable bonds is 3. The van der Waals surface area contributed by atoms with Crippen molar-refractivity contribution >= 4 is 5.78 Å². The number of hydrogen-bond donors (Lipinski definition) is 0. The van der Waals surface area contributed by atoms with Crippen LogP contribution in [-0.4, -0.2) is 10.8 Å². The molecule has 0 aliphatic heterocycles. The number of Topliss-reactive ketones (excluding diaryl/α,β-unsaturated/α-hetero) is 1. The largest absolute Gasteiger partial charge is 0.292 e. The van der Waals surface area contributed by atoms with E-state index in [0.29, 0.717) is 11.6 Å². The number of carbonyl (C=O) groups is 1. The lowest BCUT2D eigenvalue weighted by Gasteiger charge is -2.00. The minimum atomic E-state index is 0.132. The smallest absolute Gasteiger partial charge is 0.184 e. The highest BCUT2D eigenvalue weighted by Crippen LogP contribution is 2.48. The second kappa shape index (κ2) is 4.13. The summed E-state index contributed by atoms with van der Waals surface area (Å²) < 4.78 is 0. The number of ketones is 1. The van der Waals surface area contributed by atoms with Gasteiger partial charge in [-0.3, -0.25) is 9.78 Å². The molecule has 0 unspecified atom stereocenters. The Bertz CT molecular complexity index is 521. The third-order valence-electron chi connectivity index (χ3n) is 3.27. The van der Waals surface area contributed by atoms with Gasteiger partial charge in [0.2, 0.25) is 0 Å². The predicted octanol–water partition coefficient (Wildman–Crippen LogP) is 3.07. The summed E-state index contributed by atoms with van der Waals surface area (Å²) in [5.74, 6) is 0.706. The normalized spacial score (nSPS) is 22.1. The van der Waals surface area contributed by atoms with Crippen molar-refractivity contribution in [1.29, 1.82) is 0 Å². The molecule has 0 N–H and O–H groups in total. The molecule has 0 radical (unpaired) electrons. The van der Waals surface area contributed by atoms with Crippen molar-refractivity contribution in [3.05, 3.63) is 66.0 Å². The van der Waals surface area contributed by atoms with Gasteiger partial charge in [0.1, 0.15) is 5.69 Å². The van der Waals surface area contributed by atoms with Crippen LogP contribution >= 0.6 is 0 Å². The van der Waals surface area contributed by atoms with E-state index in [9.17, 15) is 4.79 Å². The summed E-state index contributed by atoms with van der Waals surface area (Å²) in [6.45, 7) is 0. The third kappa shape index (κ3) is 1.98. The molecule has 1 saturated carbocycles. The highest BCUT2D eigenvalue weighted by molar-refractivity contribution is 5.98. The van der Waals surface area contributed by atoms with Crippen LogP contribution in [0.1, 0.15) is 28.4 Å². The van der Waals surface area contributed by atoms with Crippen molar-refractivity contribution in [2.24, 2.45) is 5.92 Å². The van der Waals surface area contributed by atoms with Crippen molar-refractivity contribution in [3.8, 4) is 0 Å². The summed E-state index contributed by atoms with van der Waals surface area (Å²) in [5, 5.41) is 0. The number of benzene rings is 1. The van der Waals surface area contributed by atoms with E-state index in [2.05, 4.69) is 17.1 Å². The number of hydrogen-bond acceptors (Lipinski definition) is 2. The first-order chi connectivity index (χ1) is 8.36. The molecule has 2 aromatic rings. The van der Waals surface area contributed by atoms with Crippen molar-refractivity contribution in [1.82, 2.24) is 4.98 Å².